The van der Waals surface area contributed by atoms with Gasteiger partial charge in [-0.25, -0.2) is 9.97 Å². The lowest BCUT2D eigenvalue weighted by Crippen LogP contribution is -2.13. The van der Waals surface area contributed by atoms with Gasteiger partial charge in [0, 0.05) is 28.6 Å². The van der Waals surface area contributed by atoms with Crippen LogP contribution in [0.25, 0.3) is 11.2 Å². The third-order valence-corrected chi connectivity index (χ3v) is 5.83. The molecule has 174 valence electrons. The lowest BCUT2D eigenvalue weighted by molar-refractivity contribution is -0.385. The first-order valence-electron chi connectivity index (χ1n) is 11.0. The molecule has 0 bridgehead atoms. The Kier molecular flexibility index (Phi) is 6.88. The second kappa shape index (κ2) is 10.0. The summed E-state index contributed by atoms with van der Waals surface area (Å²) >= 11 is 6.01. The molecule has 2 heterocycles. The van der Waals surface area contributed by atoms with Gasteiger partial charge in [-0.1, -0.05) is 49.2 Å². The average Bonchev–Trinajstić information content (AvgIpc) is 3.14. The number of nitro groups is 1. The van der Waals surface area contributed by atoms with Crippen LogP contribution in [-0.4, -0.2) is 25.4 Å². The van der Waals surface area contributed by atoms with E-state index in [-0.39, 0.29) is 23.1 Å². The number of carbonyl (C=O) groups excluding carboxylic acids is 1. The third-order valence-electron chi connectivity index (χ3n) is 5.60. The van der Waals surface area contributed by atoms with E-state index in [4.69, 9.17) is 21.6 Å². The predicted octanol–water partition coefficient (Wildman–Crippen LogP) is 5.94. The van der Waals surface area contributed by atoms with E-state index in [9.17, 15) is 14.9 Å². The highest BCUT2D eigenvalue weighted by molar-refractivity contribution is 6.31. The maximum Gasteiger partial charge on any atom is 0.274 e. The van der Waals surface area contributed by atoms with Crippen molar-refractivity contribution in [3.8, 4) is 0 Å². The Morgan fingerprint density at radius 2 is 1.94 bits per heavy atom. The van der Waals surface area contributed by atoms with Crippen molar-refractivity contribution in [1.29, 1.82) is 0 Å². The van der Waals surface area contributed by atoms with E-state index in [0.717, 1.165) is 25.1 Å². The molecule has 1 amide bonds. The van der Waals surface area contributed by atoms with Crippen LogP contribution in [0.4, 0.5) is 11.4 Å². The van der Waals surface area contributed by atoms with Crippen LogP contribution < -0.4 is 5.32 Å². The number of hydrogen-bond acceptors (Lipinski definition) is 5. The van der Waals surface area contributed by atoms with Crippen molar-refractivity contribution in [3.63, 3.8) is 0 Å². The van der Waals surface area contributed by atoms with E-state index in [0.29, 0.717) is 38.7 Å². The molecular weight excluding hydrogens is 454 g/mol. The summed E-state index contributed by atoms with van der Waals surface area (Å²) in [7, 11) is 0. The minimum absolute atomic E-state index is 0.0629. The molecule has 34 heavy (non-hydrogen) atoms. The number of rotatable bonds is 8. The van der Waals surface area contributed by atoms with Crippen molar-refractivity contribution < 1.29 is 9.72 Å². The molecule has 0 saturated carbocycles. The highest BCUT2D eigenvalue weighted by Crippen LogP contribution is 2.26. The number of imidazole rings is 1. The Hall–Kier alpha value is -3.78. The Bertz CT molecular complexity index is 1380. The summed E-state index contributed by atoms with van der Waals surface area (Å²) in [4.78, 5) is 33.4. The number of nitrogens with zero attached hydrogens (tertiary/aromatic N) is 4. The lowest BCUT2D eigenvalue weighted by atomic mass is 10.1. The third kappa shape index (κ3) is 4.92. The van der Waals surface area contributed by atoms with Gasteiger partial charge in [0.1, 0.15) is 11.3 Å². The average molecular weight is 478 g/mol. The first-order valence-corrected chi connectivity index (χ1v) is 11.4. The highest BCUT2D eigenvalue weighted by Gasteiger charge is 2.19. The Balaban J connectivity index is 1.74. The molecular formula is C25H24ClN5O3. The van der Waals surface area contributed by atoms with Crippen LogP contribution in [-0.2, 0) is 13.0 Å². The molecule has 0 fully saturated rings. The van der Waals surface area contributed by atoms with E-state index < -0.39 is 0 Å². The standard InChI is InChI=1S/C25H24ClN5O3/c1-3-4-12-23-28-21-14-20(29-25(32)17-9-7-10-19(26)13-17)16(2)27-24(21)30(23)15-18-8-5-6-11-22(18)31(33)34/h5-11,13-14H,3-4,12,15H2,1-2H3,(H,29,32). The number of anilines is 1. The van der Waals surface area contributed by atoms with E-state index in [1.165, 1.54) is 6.07 Å². The van der Waals surface area contributed by atoms with E-state index in [1.807, 2.05) is 4.57 Å². The highest BCUT2D eigenvalue weighted by atomic mass is 35.5. The number of fused-ring (bicyclic) bond motifs is 1. The van der Waals surface area contributed by atoms with Gasteiger partial charge in [-0.15, -0.1) is 0 Å². The monoisotopic (exact) mass is 477 g/mol. The smallest absolute Gasteiger partial charge is 0.274 e. The van der Waals surface area contributed by atoms with Crippen molar-refractivity contribution in [1.82, 2.24) is 14.5 Å². The fourth-order valence-corrected chi connectivity index (χ4v) is 4.01. The van der Waals surface area contributed by atoms with Crippen LogP contribution in [0.2, 0.25) is 5.02 Å². The van der Waals surface area contributed by atoms with Gasteiger partial charge in [-0.3, -0.25) is 14.9 Å². The van der Waals surface area contributed by atoms with Crippen molar-refractivity contribution in [2.75, 3.05) is 5.32 Å². The molecule has 1 N–H and O–H groups in total. The fraction of sp³-hybridized carbons (Fsp3) is 0.240. The number of nitrogens with one attached hydrogen (secondary N) is 1. The molecule has 4 rings (SSSR count). The molecule has 2 aromatic heterocycles. The van der Waals surface area contributed by atoms with Crippen molar-refractivity contribution in [2.45, 2.75) is 39.7 Å². The van der Waals surface area contributed by atoms with Crippen LogP contribution in [0.3, 0.4) is 0 Å². The van der Waals surface area contributed by atoms with Gasteiger partial charge in [-0.05, 0) is 37.6 Å². The van der Waals surface area contributed by atoms with Gasteiger partial charge in [0.15, 0.2) is 5.65 Å². The minimum Gasteiger partial charge on any atom is -0.320 e. The number of para-hydroxylation sites is 1. The summed E-state index contributed by atoms with van der Waals surface area (Å²) in [5.41, 5.74) is 3.51. The van der Waals surface area contributed by atoms with E-state index in [1.54, 1.807) is 55.5 Å². The molecule has 9 heteroatoms. The molecule has 0 spiro atoms. The van der Waals surface area contributed by atoms with Gasteiger partial charge >= 0.3 is 0 Å². The summed E-state index contributed by atoms with van der Waals surface area (Å²) < 4.78 is 1.93. The fourth-order valence-electron chi connectivity index (χ4n) is 3.82. The maximum absolute atomic E-state index is 12.7. The van der Waals surface area contributed by atoms with Gasteiger partial charge in [-0.2, -0.15) is 0 Å². The van der Waals surface area contributed by atoms with Crippen molar-refractivity contribution in [3.05, 3.63) is 92.4 Å². The number of halogens is 1. The van der Waals surface area contributed by atoms with E-state index in [2.05, 4.69) is 12.2 Å². The Morgan fingerprint density at radius 1 is 1.15 bits per heavy atom. The SMILES string of the molecule is CCCCc1nc2cc(NC(=O)c3cccc(Cl)c3)c(C)nc2n1Cc1ccccc1[N+](=O)[O-]. The first kappa shape index (κ1) is 23.4. The summed E-state index contributed by atoms with van der Waals surface area (Å²) in [6.45, 7) is 4.19. The predicted molar refractivity (Wildman–Crippen MR) is 132 cm³/mol. The quantitative estimate of drug-likeness (QED) is 0.249. The van der Waals surface area contributed by atoms with Gasteiger partial charge in [0.2, 0.25) is 0 Å². The number of aromatic nitrogens is 3. The second-order valence-corrected chi connectivity index (χ2v) is 8.47. The van der Waals surface area contributed by atoms with Crippen LogP contribution in [0.5, 0.6) is 0 Å². The molecule has 0 radical (unpaired) electrons. The summed E-state index contributed by atoms with van der Waals surface area (Å²) in [5, 5.41) is 14.9. The Labute approximate surface area is 201 Å². The lowest BCUT2D eigenvalue weighted by Gasteiger charge is -2.11. The van der Waals surface area contributed by atoms with Crippen LogP contribution in [0.1, 0.15) is 47.2 Å². The van der Waals surface area contributed by atoms with Crippen LogP contribution in [0.15, 0.2) is 54.6 Å². The molecule has 0 aliphatic rings. The zero-order chi connectivity index (χ0) is 24.2. The first-order chi connectivity index (χ1) is 16.4. The molecule has 0 aliphatic carbocycles. The molecule has 8 nitrogen and oxygen atoms in total. The molecule has 4 aromatic rings. The summed E-state index contributed by atoms with van der Waals surface area (Å²) in [6.07, 6.45) is 2.64. The van der Waals surface area contributed by atoms with Crippen molar-refractivity contribution in [2.24, 2.45) is 0 Å². The second-order valence-electron chi connectivity index (χ2n) is 8.03. The number of unbranched alkanes of at least 4 members (excludes halogenated alkanes) is 1. The number of carbonyl (C=O) groups is 1. The van der Waals surface area contributed by atoms with Gasteiger partial charge < -0.3 is 9.88 Å². The van der Waals surface area contributed by atoms with E-state index >= 15 is 0 Å². The maximum atomic E-state index is 12.7. The molecule has 2 aromatic carbocycles. The number of aryl methyl sites for hydroxylation is 2. The van der Waals surface area contributed by atoms with Gasteiger partial charge in [0.25, 0.3) is 11.6 Å². The molecule has 0 atom stereocenters. The zero-order valence-corrected chi connectivity index (χ0v) is 19.7. The van der Waals surface area contributed by atoms with Crippen LogP contribution in [0, 0.1) is 17.0 Å². The summed E-state index contributed by atoms with van der Waals surface area (Å²) in [5.74, 6) is 0.512. The largest absolute Gasteiger partial charge is 0.320 e. The van der Waals surface area contributed by atoms with Crippen LogP contribution >= 0.6 is 11.6 Å². The molecule has 0 aliphatic heterocycles. The minimum atomic E-state index is -0.373. The molecule has 0 saturated heterocycles. The number of nitro benzene ring substituents is 1. The number of amides is 1. The number of pyridine rings is 1. The van der Waals surface area contributed by atoms with Crippen molar-refractivity contribution >= 4 is 40.0 Å². The summed E-state index contributed by atoms with van der Waals surface area (Å²) in [6, 6.07) is 15.2. The van der Waals surface area contributed by atoms with Gasteiger partial charge in [0.05, 0.1) is 22.8 Å². The zero-order valence-electron chi connectivity index (χ0n) is 18.9. The molecule has 0 unspecified atom stereocenters. The normalized spacial score (nSPS) is 11.0. The number of hydrogen-bond donors (Lipinski definition) is 1. The Morgan fingerprint density at radius 3 is 2.68 bits per heavy atom. The topological polar surface area (TPSA) is 103 Å². The number of benzene rings is 2.